The van der Waals surface area contributed by atoms with Gasteiger partial charge in [0.15, 0.2) is 5.96 Å². The van der Waals surface area contributed by atoms with Gasteiger partial charge in [0.05, 0.1) is 12.7 Å². The number of aromatic nitrogens is 2. The molecule has 1 aromatic heterocycles. The predicted molar refractivity (Wildman–Crippen MR) is 92.1 cm³/mol. The third-order valence-corrected chi connectivity index (χ3v) is 4.73. The highest BCUT2D eigenvalue weighted by Gasteiger charge is 2.31. The SMILES string of the molecule is CCNC(=NCC1(CC)CCCC1)NCCn1cc(C)cn1. The summed E-state index contributed by atoms with van der Waals surface area (Å²) in [6.07, 6.45) is 10.6. The second kappa shape index (κ2) is 8.20. The molecule has 1 aliphatic rings. The van der Waals surface area contributed by atoms with Crippen LogP contribution in [0.5, 0.6) is 0 Å². The number of hydrogen-bond donors (Lipinski definition) is 2. The Morgan fingerprint density at radius 2 is 2.09 bits per heavy atom. The van der Waals surface area contributed by atoms with Crippen molar-refractivity contribution in [1.29, 1.82) is 0 Å². The Morgan fingerprint density at radius 1 is 1.32 bits per heavy atom. The van der Waals surface area contributed by atoms with E-state index in [1.54, 1.807) is 0 Å². The summed E-state index contributed by atoms with van der Waals surface area (Å²) in [5, 5.41) is 11.1. The largest absolute Gasteiger partial charge is 0.357 e. The molecule has 0 radical (unpaired) electrons. The fourth-order valence-electron chi connectivity index (χ4n) is 3.22. The van der Waals surface area contributed by atoms with E-state index in [0.29, 0.717) is 5.41 Å². The van der Waals surface area contributed by atoms with E-state index >= 15 is 0 Å². The molecular formula is C17H31N5. The van der Waals surface area contributed by atoms with Crippen LogP contribution >= 0.6 is 0 Å². The van der Waals surface area contributed by atoms with Crippen molar-refractivity contribution >= 4 is 5.96 Å². The minimum Gasteiger partial charge on any atom is -0.357 e. The van der Waals surface area contributed by atoms with Gasteiger partial charge in [-0.1, -0.05) is 19.8 Å². The van der Waals surface area contributed by atoms with Crippen LogP contribution in [0, 0.1) is 12.3 Å². The molecule has 0 spiro atoms. The summed E-state index contributed by atoms with van der Waals surface area (Å²) < 4.78 is 1.97. The van der Waals surface area contributed by atoms with Crippen molar-refractivity contribution in [3.63, 3.8) is 0 Å². The van der Waals surface area contributed by atoms with E-state index in [-0.39, 0.29) is 0 Å². The highest BCUT2D eigenvalue weighted by molar-refractivity contribution is 5.79. The molecule has 1 fully saturated rings. The molecule has 5 heteroatoms. The number of aryl methyl sites for hydroxylation is 1. The first-order chi connectivity index (χ1) is 10.7. The molecule has 5 nitrogen and oxygen atoms in total. The van der Waals surface area contributed by atoms with Crippen LogP contribution in [-0.2, 0) is 6.54 Å². The Hall–Kier alpha value is -1.52. The van der Waals surface area contributed by atoms with Crippen molar-refractivity contribution in [3.05, 3.63) is 18.0 Å². The molecular weight excluding hydrogens is 274 g/mol. The summed E-state index contributed by atoms with van der Waals surface area (Å²) in [5.41, 5.74) is 1.65. The number of rotatable bonds is 7. The summed E-state index contributed by atoms with van der Waals surface area (Å²) in [7, 11) is 0. The minimum atomic E-state index is 0.446. The Bertz CT molecular complexity index is 471. The molecule has 1 aliphatic carbocycles. The molecule has 0 atom stereocenters. The van der Waals surface area contributed by atoms with Crippen LogP contribution in [0.4, 0.5) is 0 Å². The molecule has 124 valence electrons. The van der Waals surface area contributed by atoms with Crippen molar-refractivity contribution in [1.82, 2.24) is 20.4 Å². The minimum absolute atomic E-state index is 0.446. The van der Waals surface area contributed by atoms with Crippen LogP contribution in [0.2, 0.25) is 0 Å². The standard InChI is InChI=1S/C17H31N5/c1-4-17(8-6-7-9-17)14-20-16(18-5-2)19-10-11-22-13-15(3)12-21-22/h12-13H,4-11,14H2,1-3H3,(H2,18,19,20). The lowest BCUT2D eigenvalue weighted by Crippen LogP contribution is -2.39. The van der Waals surface area contributed by atoms with E-state index in [1.165, 1.54) is 37.7 Å². The van der Waals surface area contributed by atoms with Gasteiger partial charge >= 0.3 is 0 Å². The summed E-state index contributed by atoms with van der Waals surface area (Å²) in [5.74, 6) is 0.936. The number of guanidine groups is 1. The summed E-state index contributed by atoms with van der Waals surface area (Å²) >= 11 is 0. The lowest BCUT2D eigenvalue weighted by molar-refractivity contribution is 0.297. The monoisotopic (exact) mass is 305 g/mol. The van der Waals surface area contributed by atoms with Gasteiger partial charge in [0.2, 0.25) is 0 Å². The molecule has 1 aromatic rings. The second-order valence-electron chi connectivity index (χ2n) is 6.46. The maximum atomic E-state index is 4.84. The number of hydrogen-bond acceptors (Lipinski definition) is 2. The predicted octanol–water partition coefficient (Wildman–Crippen LogP) is 2.72. The average Bonchev–Trinajstić information content (AvgIpc) is 3.15. The maximum Gasteiger partial charge on any atom is 0.191 e. The normalized spacial score (nSPS) is 17.7. The number of nitrogens with zero attached hydrogens (tertiary/aromatic N) is 3. The van der Waals surface area contributed by atoms with Crippen molar-refractivity contribution in [2.45, 2.75) is 59.4 Å². The van der Waals surface area contributed by atoms with Gasteiger partial charge in [-0.05, 0) is 44.1 Å². The fraction of sp³-hybridized carbons (Fsp3) is 0.765. The lowest BCUT2D eigenvalue weighted by atomic mass is 9.84. The summed E-state index contributed by atoms with van der Waals surface area (Å²) in [6.45, 7) is 10.0. The van der Waals surface area contributed by atoms with Crippen LogP contribution < -0.4 is 10.6 Å². The highest BCUT2D eigenvalue weighted by Crippen LogP contribution is 2.41. The quantitative estimate of drug-likeness (QED) is 0.601. The van der Waals surface area contributed by atoms with E-state index in [0.717, 1.165) is 32.1 Å². The Balaban J connectivity index is 1.84. The second-order valence-corrected chi connectivity index (χ2v) is 6.46. The topological polar surface area (TPSA) is 54.2 Å². The smallest absolute Gasteiger partial charge is 0.191 e. The van der Waals surface area contributed by atoms with Crippen molar-refractivity contribution in [3.8, 4) is 0 Å². The first kappa shape index (κ1) is 16.8. The molecule has 0 aromatic carbocycles. The Morgan fingerprint density at radius 3 is 2.68 bits per heavy atom. The summed E-state index contributed by atoms with van der Waals surface area (Å²) in [4.78, 5) is 4.84. The van der Waals surface area contributed by atoms with Gasteiger partial charge in [-0.3, -0.25) is 9.67 Å². The van der Waals surface area contributed by atoms with Gasteiger partial charge in [0.1, 0.15) is 0 Å². The maximum absolute atomic E-state index is 4.84. The van der Waals surface area contributed by atoms with Crippen LogP contribution in [0.15, 0.2) is 17.4 Å². The van der Waals surface area contributed by atoms with E-state index in [2.05, 4.69) is 42.7 Å². The molecule has 22 heavy (non-hydrogen) atoms. The van der Waals surface area contributed by atoms with Crippen LogP contribution in [0.1, 0.15) is 51.5 Å². The first-order valence-corrected chi connectivity index (χ1v) is 8.69. The fourth-order valence-corrected chi connectivity index (χ4v) is 3.22. The van der Waals surface area contributed by atoms with Gasteiger partial charge in [-0.2, -0.15) is 5.10 Å². The zero-order valence-electron chi connectivity index (χ0n) is 14.4. The van der Waals surface area contributed by atoms with Crippen LogP contribution in [-0.4, -0.2) is 35.4 Å². The number of aliphatic imine (C=N–C) groups is 1. The van der Waals surface area contributed by atoms with Gasteiger partial charge in [-0.15, -0.1) is 0 Å². The third kappa shape index (κ3) is 4.75. The van der Waals surface area contributed by atoms with Crippen molar-refractivity contribution < 1.29 is 0 Å². The molecule has 0 bridgehead atoms. The van der Waals surface area contributed by atoms with E-state index < -0.39 is 0 Å². The van der Waals surface area contributed by atoms with Gasteiger partial charge in [-0.25, -0.2) is 0 Å². The van der Waals surface area contributed by atoms with Gasteiger partial charge < -0.3 is 10.6 Å². The average molecular weight is 305 g/mol. The highest BCUT2D eigenvalue weighted by atomic mass is 15.3. The van der Waals surface area contributed by atoms with E-state index in [1.807, 2.05) is 10.9 Å². The molecule has 2 rings (SSSR count). The molecule has 2 N–H and O–H groups in total. The Kier molecular flexibility index (Phi) is 6.28. The van der Waals surface area contributed by atoms with Crippen molar-refractivity contribution in [2.24, 2.45) is 10.4 Å². The van der Waals surface area contributed by atoms with Crippen LogP contribution in [0.3, 0.4) is 0 Å². The molecule has 1 saturated carbocycles. The molecule has 1 heterocycles. The Labute approximate surface area is 134 Å². The zero-order valence-corrected chi connectivity index (χ0v) is 14.4. The van der Waals surface area contributed by atoms with Crippen LogP contribution in [0.25, 0.3) is 0 Å². The van der Waals surface area contributed by atoms with Gasteiger partial charge in [0.25, 0.3) is 0 Å². The summed E-state index contributed by atoms with van der Waals surface area (Å²) in [6, 6.07) is 0. The van der Waals surface area contributed by atoms with E-state index in [9.17, 15) is 0 Å². The number of nitrogens with one attached hydrogen (secondary N) is 2. The molecule has 0 aliphatic heterocycles. The first-order valence-electron chi connectivity index (χ1n) is 8.69. The van der Waals surface area contributed by atoms with Gasteiger partial charge in [0, 0.05) is 25.8 Å². The zero-order chi connectivity index (χ0) is 15.8. The molecule has 0 unspecified atom stereocenters. The van der Waals surface area contributed by atoms with E-state index in [4.69, 9.17) is 4.99 Å². The third-order valence-electron chi connectivity index (χ3n) is 4.73. The lowest BCUT2D eigenvalue weighted by Gasteiger charge is -2.25. The van der Waals surface area contributed by atoms with Crippen molar-refractivity contribution in [2.75, 3.05) is 19.6 Å². The molecule has 0 saturated heterocycles. The molecule has 0 amide bonds.